The summed E-state index contributed by atoms with van der Waals surface area (Å²) in [5.41, 5.74) is 0.0249. The molecule has 10 heteroatoms. The molecule has 3 aromatic rings. The summed E-state index contributed by atoms with van der Waals surface area (Å²) in [6.07, 6.45) is -2.61. The zero-order chi connectivity index (χ0) is 20.8. The van der Waals surface area contributed by atoms with Crippen molar-refractivity contribution in [2.45, 2.75) is 32.0 Å². The molecule has 1 saturated carbocycles. The Balaban J connectivity index is 1.58. The van der Waals surface area contributed by atoms with Gasteiger partial charge in [0.2, 0.25) is 0 Å². The van der Waals surface area contributed by atoms with Gasteiger partial charge in [-0.15, -0.1) is 11.3 Å². The summed E-state index contributed by atoms with van der Waals surface area (Å²) >= 11 is 1.05. The normalized spacial score (nSPS) is 14.2. The molecule has 4 rings (SSSR count). The molecule has 1 aliphatic rings. The Morgan fingerprint density at radius 2 is 2.07 bits per heavy atom. The van der Waals surface area contributed by atoms with E-state index in [2.05, 4.69) is 10.4 Å². The molecule has 1 N–H and O–H groups in total. The summed E-state index contributed by atoms with van der Waals surface area (Å²) < 4.78 is 45.5. The molecule has 29 heavy (non-hydrogen) atoms. The lowest BCUT2D eigenvalue weighted by Crippen LogP contribution is -2.30. The topological polar surface area (TPSA) is 73.2 Å². The van der Waals surface area contributed by atoms with E-state index in [9.17, 15) is 22.8 Å². The quantitative estimate of drug-likeness (QED) is 0.633. The highest BCUT2D eigenvalue weighted by atomic mass is 32.1. The lowest BCUT2D eigenvalue weighted by atomic mass is 10.2. The monoisotopic (exact) mass is 423 g/mol. The van der Waals surface area contributed by atoms with Crippen molar-refractivity contribution in [2.24, 2.45) is 0 Å². The largest absolute Gasteiger partial charge is 0.451 e. The highest BCUT2D eigenvalue weighted by Gasteiger charge is 2.31. The second kappa shape index (κ2) is 7.18. The maximum Gasteiger partial charge on any atom is 0.416 e. The predicted molar refractivity (Wildman–Crippen MR) is 100 cm³/mol. The van der Waals surface area contributed by atoms with E-state index in [1.165, 1.54) is 16.8 Å². The third-order valence-corrected chi connectivity index (χ3v) is 5.53. The van der Waals surface area contributed by atoms with Gasteiger partial charge >= 0.3 is 12.1 Å². The molecule has 2 aromatic heterocycles. The smallest absolute Gasteiger partial charge is 0.416 e. The number of halogens is 3. The van der Waals surface area contributed by atoms with Crippen LogP contribution in [0.15, 0.2) is 30.3 Å². The molecule has 2 heterocycles. The molecule has 0 unspecified atom stereocenters. The van der Waals surface area contributed by atoms with Crippen LogP contribution < -0.4 is 5.32 Å². The lowest BCUT2D eigenvalue weighted by Gasteiger charge is -2.09. The van der Waals surface area contributed by atoms with Crippen molar-refractivity contribution in [3.05, 3.63) is 46.5 Å². The lowest BCUT2D eigenvalue weighted by molar-refractivity contribution is -0.137. The number of carbonyl (C=O) groups excluding carboxylic acids is 2. The van der Waals surface area contributed by atoms with E-state index in [0.717, 1.165) is 36.3 Å². The number of ether oxygens (including phenoxy) is 1. The number of thiophene rings is 1. The summed E-state index contributed by atoms with van der Waals surface area (Å²) in [5.74, 6) is -1.01. The first-order valence-electron chi connectivity index (χ1n) is 8.85. The average molecular weight is 423 g/mol. The maximum absolute atomic E-state index is 13.0. The molecule has 1 fully saturated rings. The molecule has 6 nitrogen and oxygen atoms in total. The van der Waals surface area contributed by atoms with Crippen LogP contribution >= 0.6 is 11.3 Å². The van der Waals surface area contributed by atoms with Gasteiger partial charge in [-0.2, -0.15) is 18.3 Å². The number of nitrogens with one attached hydrogen (secondary N) is 1. The molecule has 0 bridgehead atoms. The van der Waals surface area contributed by atoms with Crippen LogP contribution in [0.25, 0.3) is 15.9 Å². The van der Waals surface area contributed by atoms with E-state index in [0.29, 0.717) is 15.9 Å². The minimum Gasteiger partial charge on any atom is -0.451 e. The van der Waals surface area contributed by atoms with Crippen molar-refractivity contribution in [2.75, 3.05) is 6.61 Å². The van der Waals surface area contributed by atoms with Crippen LogP contribution in [0.1, 0.15) is 33.8 Å². The number of esters is 1. The van der Waals surface area contributed by atoms with Gasteiger partial charge in [-0.1, -0.05) is 6.07 Å². The molecule has 1 aromatic carbocycles. The molecule has 0 atom stereocenters. The second-order valence-corrected chi connectivity index (χ2v) is 7.82. The molecular weight excluding hydrogens is 407 g/mol. The standard InChI is InChI=1S/C19H16F3N3O3S/c1-10-14-8-15(18(27)28-9-16(26)23-12-5-6-12)29-17(14)25(24-10)13-4-2-3-11(7-13)19(20,21)22/h2-4,7-8,12H,5-6,9H2,1H3,(H,23,26). The number of aryl methyl sites for hydroxylation is 1. The first-order chi connectivity index (χ1) is 13.7. The molecular formula is C19H16F3N3O3S. The van der Waals surface area contributed by atoms with E-state index in [1.807, 2.05) is 0 Å². The number of hydrogen-bond acceptors (Lipinski definition) is 5. The van der Waals surface area contributed by atoms with Gasteiger partial charge < -0.3 is 10.1 Å². The van der Waals surface area contributed by atoms with E-state index in [1.54, 1.807) is 13.0 Å². The Hall–Kier alpha value is -2.88. The first kappa shape index (κ1) is 19.4. The van der Waals surface area contributed by atoms with Crippen LogP contribution in [0.2, 0.25) is 0 Å². The van der Waals surface area contributed by atoms with Crippen LogP contribution in [0.5, 0.6) is 0 Å². The Morgan fingerprint density at radius 1 is 1.31 bits per heavy atom. The summed E-state index contributed by atoms with van der Waals surface area (Å²) in [5, 5.41) is 7.66. The van der Waals surface area contributed by atoms with Gasteiger partial charge in [-0.3, -0.25) is 4.79 Å². The second-order valence-electron chi connectivity index (χ2n) is 6.79. The van der Waals surface area contributed by atoms with Gasteiger partial charge in [0.25, 0.3) is 5.91 Å². The fourth-order valence-electron chi connectivity index (χ4n) is 2.84. The van der Waals surface area contributed by atoms with Gasteiger partial charge in [0, 0.05) is 11.4 Å². The third kappa shape index (κ3) is 4.12. The molecule has 0 aliphatic heterocycles. The molecule has 0 saturated heterocycles. The highest BCUT2D eigenvalue weighted by Crippen LogP contribution is 2.34. The summed E-state index contributed by atoms with van der Waals surface area (Å²) in [4.78, 5) is 24.7. The number of alkyl halides is 3. The van der Waals surface area contributed by atoms with E-state index >= 15 is 0 Å². The number of benzene rings is 1. The Labute approximate surface area is 167 Å². The Kier molecular flexibility index (Phi) is 4.81. The van der Waals surface area contributed by atoms with Crippen molar-refractivity contribution in [1.29, 1.82) is 0 Å². The van der Waals surface area contributed by atoms with Gasteiger partial charge in [-0.25, -0.2) is 9.48 Å². The van der Waals surface area contributed by atoms with Crippen LogP contribution in [0, 0.1) is 6.92 Å². The number of nitrogens with zero attached hydrogens (tertiary/aromatic N) is 2. The number of amides is 1. The number of carbonyl (C=O) groups is 2. The third-order valence-electron chi connectivity index (χ3n) is 4.44. The van der Waals surface area contributed by atoms with Gasteiger partial charge in [0.05, 0.1) is 16.9 Å². The van der Waals surface area contributed by atoms with E-state index < -0.39 is 17.7 Å². The van der Waals surface area contributed by atoms with Crippen LogP contribution in [-0.2, 0) is 15.7 Å². The van der Waals surface area contributed by atoms with E-state index in [-0.39, 0.29) is 29.1 Å². The van der Waals surface area contributed by atoms with Crippen molar-refractivity contribution in [3.8, 4) is 5.69 Å². The van der Waals surface area contributed by atoms with Gasteiger partial charge in [-0.05, 0) is 44.0 Å². The maximum atomic E-state index is 13.0. The summed E-state index contributed by atoms with van der Waals surface area (Å²) in [7, 11) is 0. The highest BCUT2D eigenvalue weighted by molar-refractivity contribution is 7.20. The zero-order valence-electron chi connectivity index (χ0n) is 15.2. The SMILES string of the molecule is Cc1nn(-c2cccc(C(F)(F)F)c2)c2sc(C(=O)OCC(=O)NC3CC3)cc12. The first-order valence-corrected chi connectivity index (χ1v) is 9.67. The van der Waals surface area contributed by atoms with Crippen molar-refractivity contribution in [1.82, 2.24) is 15.1 Å². The number of aromatic nitrogens is 2. The Morgan fingerprint density at radius 3 is 2.76 bits per heavy atom. The minimum absolute atomic E-state index is 0.173. The van der Waals surface area contributed by atoms with Gasteiger partial charge in [0.15, 0.2) is 6.61 Å². The fraction of sp³-hybridized carbons (Fsp3) is 0.316. The molecule has 0 radical (unpaired) electrons. The number of rotatable bonds is 5. The van der Waals surface area contributed by atoms with Crippen molar-refractivity contribution >= 4 is 33.4 Å². The molecule has 152 valence electrons. The summed E-state index contributed by atoms with van der Waals surface area (Å²) in [6.45, 7) is 1.33. The van der Waals surface area contributed by atoms with Crippen molar-refractivity contribution in [3.63, 3.8) is 0 Å². The fourth-order valence-corrected chi connectivity index (χ4v) is 3.91. The molecule has 1 amide bonds. The number of fused-ring (bicyclic) bond motifs is 1. The molecule has 0 spiro atoms. The van der Waals surface area contributed by atoms with Crippen molar-refractivity contribution < 1.29 is 27.5 Å². The molecule has 1 aliphatic carbocycles. The van der Waals surface area contributed by atoms with E-state index in [4.69, 9.17) is 4.74 Å². The zero-order valence-corrected chi connectivity index (χ0v) is 16.1. The predicted octanol–water partition coefficient (Wildman–Crippen LogP) is 3.85. The van der Waals surface area contributed by atoms with Crippen LogP contribution in [0.4, 0.5) is 13.2 Å². The van der Waals surface area contributed by atoms with Crippen LogP contribution in [-0.4, -0.2) is 34.3 Å². The van der Waals surface area contributed by atoms with Crippen LogP contribution in [0.3, 0.4) is 0 Å². The number of hydrogen-bond donors (Lipinski definition) is 1. The Bertz CT molecular complexity index is 1100. The minimum atomic E-state index is -4.47. The van der Waals surface area contributed by atoms with Gasteiger partial charge in [0.1, 0.15) is 9.71 Å². The average Bonchev–Trinajstić information content (AvgIpc) is 3.27. The summed E-state index contributed by atoms with van der Waals surface area (Å²) in [6, 6.07) is 6.57.